The predicted molar refractivity (Wildman–Crippen MR) is 88.2 cm³/mol. The number of nitrogens with one attached hydrogen (secondary N) is 1. The molecule has 2 aromatic rings. The summed E-state index contributed by atoms with van der Waals surface area (Å²) in [7, 11) is 1.93. The van der Waals surface area contributed by atoms with E-state index < -0.39 is 0 Å². The van der Waals surface area contributed by atoms with Gasteiger partial charge in [-0.05, 0) is 26.8 Å². The molecule has 6 nitrogen and oxygen atoms in total. The van der Waals surface area contributed by atoms with Gasteiger partial charge in [0.1, 0.15) is 5.82 Å². The minimum atomic E-state index is 0.285. The van der Waals surface area contributed by atoms with Gasteiger partial charge in [0, 0.05) is 17.7 Å². The number of nitrogens with zero attached hydrogens (tertiary/aromatic N) is 4. The zero-order chi connectivity index (χ0) is 15.4. The maximum atomic E-state index is 5.76. The zero-order valence-corrected chi connectivity index (χ0v) is 14.5. The molecule has 120 valence electrons. The van der Waals surface area contributed by atoms with Crippen LogP contribution in [0.1, 0.15) is 29.4 Å². The standard InChI is InChI=1S/C14H21N5OS2/c1-10-16-11(8-21-10)9-22-14-18-17-13(6-15-2)19(14)7-12-4-3-5-20-12/h8,12,15H,3-7,9H2,1-2H3. The Morgan fingerprint density at radius 3 is 3.09 bits per heavy atom. The van der Waals surface area contributed by atoms with E-state index in [2.05, 4.69) is 30.4 Å². The largest absolute Gasteiger partial charge is 0.376 e. The van der Waals surface area contributed by atoms with Crippen LogP contribution in [0.2, 0.25) is 0 Å². The molecule has 3 heterocycles. The zero-order valence-electron chi connectivity index (χ0n) is 12.9. The number of rotatable bonds is 7. The molecule has 8 heteroatoms. The van der Waals surface area contributed by atoms with E-state index in [0.717, 1.165) is 60.0 Å². The van der Waals surface area contributed by atoms with Gasteiger partial charge in [-0.15, -0.1) is 21.5 Å². The lowest BCUT2D eigenvalue weighted by atomic mass is 10.2. The number of thiazole rings is 1. The highest BCUT2D eigenvalue weighted by Gasteiger charge is 2.20. The quantitative estimate of drug-likeness (QED) is 0.781. The van der Waals surface area contributed by atoms with Crippen molar-refractivity contribution < 1.29 is 4.74 Å². The highest BCUT2D eigenvalue weighted by molar-refractivity contribution is 7.98. The topological polar surface area (TPSA) is 64.9 Å². The Morgan fingerprint density at radius 2 is 2.41 bits per heavy atom. The van der Waals surface area contributed by atoms with Gasteiger partial charge < -0.3 is 14.6 Å². The maximum Gasteiger partial charge on any atom is 0.191 e. The summed E-state index contributed by atoms with van der Waals surface area (Å²) in [6.45, 7) is 4.46. The molecular weight excluding hydrogens is 318 g/mol. The Bertz CT molecular complexity index is 606. The molecule has 1 fully saturated rings. The highest BCUT2D eigenvalue weighted by Crippen LogP contribution is 2.24. The molecule has 3 rings (SSSR count). The lowest BCUT2D eigenvalue weighted by Gasteiger charge is -2.14. The molecule has 1 saturated heterocycles. The van der Waals surface area contributed by atoms with Gasteiger partial charge in [0.05, 0.1) is 29.9 Å². The van der Waals surface area contributed by atoms with Gasteiger partial charge in [-0.2, -0.15) is 0 Å². The van der Waals surface area contributed by atoms with E-state index in [1.54, 1.807) is 23.1 Å². The van der Waals surface area contributed by atoms with Crippen LogP contribution in [0.5, 0.6) is 0 Å². The van der Waals surface area contributed by atoms with Crippen molar-refractivity contribution in [2.24, 2.45) is 0 Å². The highest BCUT2D eigenvalue weighted by atomic mass is 32.2. The van der Waals surface area contributed by atoms with Crippen LogP contribution in [0.25, 0.3) is 0 Å². The molecule has 0 aromatic carbocycles. The van der Waals surface area contributed by atoms with E-state index in [0.29, 0.717) is 0 Å². The van der Waals surface area contributed by atoms with Gasteiger partial charge in [-0.1, -0.05) is 11.8 Å². The second kappa shape index (κ2) is 7.54. The molecule has 0 aliphatic carbocycles. The Hall–Kier alpha value is -0.960. The van der Waals surface area contributed by atoms with Gasteiger partial charge >= 0.3 is 0 Å². The first-order valence-corrected chi connectivity index (χ1v) is 9.35. The summed E-state index contributed by atoms with van der Waals surface area (Å²) in [5.74, 6) is 1.79. The lowest BCUT2D eigenvalue weighted by Crippen LogP contribution is -2.20. The first-order chi connectivity index (χ1) is 10.8. The van der Waals surface area contributed by atoms with Crippen LogP contribution in [-0.2, 0) is 23.6 Å². The molecule has 1 unspecified atom stereocenters. The summed E-state index contributed by atoms with van der Waals surface area (Å²) in [5.41, 5.74) is 1.11. The third kappa shape index (κ3) is 3.87. The fourth-order valence-electron chi connectivity index (χ4n) is 2.50. The van der Waals surface area contributed by atoms with Crippen molar-refractivity contribution in [1.29, 1.82) is 0 Å². The number of aromatic nitrogens is 4. The molecule has 1 N–H and O–H groups in total. The van der Waals surface area contributed by atoms with Crippen LogP contribution in [0.15, 0.2) is 10.5 Å². The van der Waals surface area contributed by atoms with Crippen molar-refractivity contribution >= 4 is 23.1 Å². The first kappa shape index (κ1) is 15.9. The Kier molecular flexibility index (Phi) is 5.46. The van der Waals surface area contributed by atoms with Gasteiger partial charge in [0.25, 0.3) is 0 Å². The van der Waals surface area contributed by atoms with Crippen LogP contribution in [-0.4, -0.2) is 39.5 Å². The second-order valence-corrected chi connectivity index (χ2v) is 7.33. The average Bonchev–Trinajstić information content (AvgIpc) is 3.22. The summed E-state index contributed by atoms with van der Waals surface area (Å²) in [5, 5.41) is 16.0. The predicted octanol–water partition coefficient (Wildman–Crippen LogP) is 2.23. The normalized spacial score (nSPS) is 18.2. The second-order valence-electron chi connectivity index (χ2n) is 5.32. The molecule has 1 atom stereocenters. The average molecular weight is 339 g/mol. The van der Waals surface area contributed by atoms with Crippen molar-refractivity contribution in [3.63, 3.8) is 0 Å². The van der Waals surface area contributed by atoms with Crippen molar-refractivity contribution in [3.8, 4) is 0 Å². The van der Waals surface area contributed by atoms with Gasteiger partial charge in [0.15, 0.2) is 5.16 Å². The molecule has 1 aliphatic rings. The molecule has 0 bridgehead atoms. The van der Waals surface area contributed by atoms with Gasteiger partial charge in [0.2, 0.25) is 0 Å². The van der Waals surface area contributed by atoms with Crippen LogP contribution < -0.4 is 5.32 Å². The molecule has 0 spiro atoms. The van der Waals surface area contributed by atoms with Crippen LogP contribution >= 0.6 is 23.1 Å². The van der Waals surface area contributed by atoms with E-state index in [1.807, 2.05) is 14.0 Å². The van der Waals surface area contributed by atoms with Crippen LogP contribution in [0.4, 0.5) is 0 Å². The lowest BCUT2D eigenvalue weighted by molar-refractivity contribution is 0.0941. The number of ether oxygens (including phenoxy) is 1. The summed E-state index contributed by atoms with van der Waals surface area (Å²) in [4.78, 5) is 4.51. The van der Waals surface area contributed by atoms with E-state index in [9.17, 15) is 0 Å². The van der Waals surface area contributed by atoms with Crippen molar-refractivity contribution in [3.05, 3.63) is 21.9 Å². The van der Waals surface area contributed by atoms with Crippen molar-refractivity contribution in [2.45, 2.75) is 49.9 Å². The molecule has 1 aliphatic heterocycles. The monoisotopic (exact) mass is 339 g/mol. The fraction of sp³-hybridized carbons (Fsp3) is 0.643. The van der Waals surface area contributed by atoms with E-state index in [1.165, 1.54) is 0 Å². The third-order valence-electron chi connectivity index (χ3n) is 3.55. The molecule has 0 radical (unpaired) electrons. The summed E-state index contributed by atoms with van der Waals surface area (Å²) >= 11 is 3.38. The van der Waals surface area contributed by atoms with Gasteiger partial charge in [-0.25, -0.2) is 4.98 Å². The summed E-state index contributed by atoms with van der Waals surface area (Å²) in [6, 6.07) is 0. The molecular formula is C14H21N5OS2. The number of aryl methyl sites for hydroxylation is 1. The Labute approximate surface area is 138 Å². The first-order valence-electron chi connectivity index (χ1n) is 7.48. The SMILES string of the molecule is CNCc1nnc(SCc2csc(C)n2)n1CC1CCCO1. The van der Waals surface area contributed by atoms with Gasteiger partial charge in [-0.3, -0.25) is 0 Å². The Morgan fingerprint density at radius 1 is 1.50 bits per heavy atom. The number of hydrogen-bond acceptors (Lipinski definition) is 7. The smallest absolute Gasteiger partial charge is 0.191 e. The molecule has 22 heavy (non-hydrogen) atoms. The minimum absolute atomic E-state index is 0.285. The molecule has 0 amide bonds. The molecule has 0 saturated carbocycles. The minimum Gasteiger partial charge on any atom is -0.376 e. The fourth-order valence-corrected chi connectivity index (χ4v) is 4.08. The van der Waals surface area contributed by atoms with E-state index in [-0.39, 0.29) is 6.10 Å². The maximum absolute atomic E-state index is 5.76. The van der Waals surface area contributed by atoms with E-state index >= 15 is 0 Å². The summed E-state index contributed by atoms with van der Waals surface area (Å²) < 4.78 is 7.95. The summed E-state index contributed by atoms with van der Waals surface area (Å²) in [6.07, 6.45) is 2.55. The van der Waals surface area contributed by atoms with Crippen molar-refractivity contribution in [1.82, 2.24) is 25.1 Å². The van der Waals surface area contributed by atoms with Crippen LogP contribution in [0.3, 0.4) is 0 Å². The third-order valence-corrected chi connectivity index (χ3v) is 5.38. The van der Waals surface area contributed by atoms with E-state index in [4.69, 9.17) is 4.74 Å². The molecule has 2 aromatic heterocycles. The van der Waals surface area contributed by atoms with Crippen molar-refractivity contribution in [2.75, 3.05) is 13.7 Å². The number of hydrogen-bond donors (Lipinski definition) is 1. The van der Waals surface area contributed by atoms with Crippen LogP contribution in [0, 0.1) is 6.92 Å². The number of thioether (sulfide) groups is 1. The Balaban J connectivity index is 1.71.